The number of hydrogen-bond acceptors (Lipinski definition) is 6. The summed E-state index contributed by atoms with van der Waals surface area (Å²) in [5.41, 5.74) is 0.635. The van der Waals surface area contributed by atoms with Gasteiger partial charge in [0.05, 0.1) is 12.8 Å². The van der Waals surface area contributed by atoms with Crippen molar-refractivity contribution >= 4 is 5.91 Å². The zero-order valence-corrected chi connectivity index (χ0v) is 11.0. The lowest BCUT2D eigenvalue weighted by molar-refractivity contribution is -0.124. The van der Waals surface area contributed by atoms with E-state index < -0.39 is 0 Å². The van der Waals surface area contributed by atoms with E-state index >= 15 is 0 Å². The number of carbonyl (C=O) groups is 1. The molecule has 7 heteroatoms. The van der Waals surface area contributed by atoms with Gasteiger partial charge in [0.15, 0.2) is 5.76 Å². The Morgan fingerprint density at radius 1 is 1.35 bits per heavy atom. The lowest BCUT2D eigenvalue weighted by Crippen LogP contribution is -2.31. The van der Waals surface area contributed by atoms with Gasteiger partial charge < -0.3 is 19.2 Å². The number of amides is 1. The first kappa shape index (κ1) is 14.0. The molecule has 106 valence electrons. The number of hydrogen-bond donors (Lipinski definition) is 1. The summed E-state index contributed by atoms with van der Waals surface area (Å²) in [5.74, 6) is 0.854. The summed E-state index contributed by atoms with van der Waals surface area (Å²) in [6.07, 6.45) is 1.57. The first-order valence-corrected chi connectivity index (χ1v) is 6.05. The van der Waals surface area contributed by atoms with Gasteiger partial charge in [0.25, 0.3) is 0 Å². The van der Waals surface area contributed by atoms with E-state index in [1.807, 2.05) is 0 Å². The van der Waals surface area contributed by atoms with Crippen molar-refractivity contribution in [2.75, 3.05) is 26.9 Å². The van der Waals surface area contributed by atoms with Gasteiger partial charge >= 0.3 is 0 Å². The summed E-state index contributed by atoms with van der Waals surface area (Å²) < 4.78 is 15.2. The third-order valence-corrected chi connectivity index (χ3v) is 2.36. The third kappa shape index (κ3) is 4.06. The predicted molar refractivity (Wildman–Crippen MR) is 70.1 cm³/mol. The van der Waals surface area contributed by atoms with Gasteiger partial charge in [0, 0.05) is 13.2 Å². The van der Waals surface area contributed by atoms with Crippen LogP contribution in [0.3, 0.4) is 0 Å². The van der Waals surface area contributed by atoms with Gasteiger partial charge in [0.2, 0.25) is 11.8 Å². The first-order chi connectivity index (χ1) is 9.79. The molecule has 0 atom stereocenters. The van der Waals surface area contributed by atoms with Crippen molar-refractivity contribution < 1.29 is 18.7 Å². The van der Waals surface area contributed by atoms with E-state index in [-0.39, 0.29) is 12.5 Å². The van der Waals surface area contributed by atoms with Gasteiger partial charge in [-0.25, -0.2) is 0 Å². The Morgan fingerprint density at radius 2 is 2.25 bits per heavy atom. The molecule has 0 aliphatic carbocycles. The van der Waals surface area contributed by atoms with Crippen LogP contribution >= 0.6 is 0 Å². The molecular formula is C13H15N3O4. The van der Waals surface area contributed by atoms with Crippen LogP contribution < -0.4 is 10.1 Å². The largest absolute Gasteiger partial charge is 0.475 e. The highest BCUT2D eigenvalue weighted by Gasteiger charge is 2.04. The second-order valence-electron chi connectivity index (χ2n) is 3.87. The summed E-state index contributed by atoms with van der Waals surface area (Å²) >= 11 is 0. The molecule has 2 aromatic heterocycles. The Kier molecular flexibility index (Phi) is 5.08. The molecule has 0 bridgehead atoms. The number of rotatable bonds is 7. The second-order valence-corrected chi connectivity index (χ2v) is 3.87. The zero-order valence-electron chi connectivity index (χ0n) is 11.0. The average Bonchev–Trinajstić information content (AvgIpc) is 2.99. The van der Waals surface area contributed by atoms with Gasteiger partial charge in [-0.15, -0.1) is 10.2 Å². The van der Waals surface area contributed by atoms with Gasteiger partial charge in [-0.05, 0) is 18.2 Å². The van der Waals surface area contributed by atoms with Gasteiger partial charge in [0.1, 0.15) is 18.9 Å². The van der Waals surface area contributed by atoms with E-state index in [1.165, 1.54) is 7.11 Å². The SMILES string of the molecule is COCC(=O)NCCOc1ccc(-c2ccco2)nn1. The summed E-state index contributed by atoms with van der Waals surface area (Å²) in [5, 5.41) is 10.5. The summed E-state index contributed by atoms with van der Waals surface area (Å²) in [6, 6.07) is 7.03. The van der Waals surface area contributed by atoms with Crippen LogP contribution in [0, 0.1) is 0 Å². The zero-order chi connectivity index (χ0) is 14.2. The Balaban J connectivity index is 1.75. The Labute approximate surface area is 115 Å². The lowest BCUT2D eigenvalue weighted by Gasteiger charge is -2.06. The number of nitrogens with zero attached hydrogens (tertiary/aromatic N) is 2. The minimum absolute atomic E-state index is 0.0393. The van der Waals surface area contributed by atoms with E-state index in [9.17, 15) is 4.79 Å². The number of aromatic nitrogens is 2. The lowest BCUT2D eigenvalue weighted by atomic mass is 10.3. The van der Waals surface area contributed by atoms with Crippen LogP contribution in [0.1, 0.15) is 0 Å². The predicted octanol–water partition coefficient (Wildman–Crippen LogP) is 0.878. The molecule has 2 rings (SSSR count). The molecule has 0 saturated carbocycles. The van der Waals surface area contributed by atoms with E-state index in [4.69, 9.17) is 9.15 Å². The van der Waals surface area contributed by atoms with Crippen LogP contribution in [-0.4, -0.2) is 43.0 Å². The highest BCUT2D eigenvalue weighted by atomic mass is 16.5. The molecule has 0 spiro atoms. The fourth-order valence-electron chi connectivity index (χ4n) is 1.48. The van der Waals surface area contributed by atoms with Crippen LogP contribution in [0.4, 0.5) is 0 Å². The van der Waals surface area contributed by atoms with Gasteiger partial charge in [-0.3, -0.25) is 4.79 Å². The van der Waals surface area contributed by atoms with Crippen molar-refractivity contribution in [3.05, 3.63) is 30.5 Å². The van der Waals surface area contributed by atoms with Crippen LogP contribution in [0.15, 0.2) is 34.9 Å². The van der Waals surface area contributed by atoms with E-state index in [2.05, 4.69) is 20.3 Å². The molecule has 0 unspecified atom stereocenters. The summed E-state index contributed by atoms with van der Waals surface area (Å²) in [7, 11) is 1.46. The standard InChI is InChI=1S/C13H15N3O4/c1-18-9-12(17)14-6-8-20-13-5-4-10(15-16-13)11-3-2-7-19-11/h2-5,7H,6,8-9H2,1H3,(H,14,17). The minimum Gasteiger partial charge on any atom is -0.475 e. The molecule has 0 aliphatic rings. The summed E-state index contributed by atoms with van der Waals surface area (Å²) in [4.78, 5) is 11.1. The minimum atomic E-state index is -0.185. The van der Waals surface area contributed by atoms with Crippen molar-refractivity contribution in [3.8, 4) is 17.3 Å². The Bertz CT molecular complexity index is 525. The smallest absolute Gasteiger partial charge is 0.246 e. The van der Waals surface area contributed by atoms with Gasteiger partial charge in [-0.2, -0.15) is 0 Å². The Hall–Kier alpha value is -2.41. The fraction of sp³-hybridized carbons (Fsp3) is 0.308. The van der Waals surface area contributed by atoms with Crippen molar-refractivity contribution in [1.82, 2.24) is 15.5 Å². The molecule has 1 N–H and O–H groups in total. The van der Waals surface area contributed by atoms with Crippen LogP contribution in [0.5, 0.6) is 5.88 Å². The maximum absolute atomic E-state index is 11.1. The number of ether oxygens (including phenoxy) is 2. The molecule has 2 heterocycles. The number of carbonyl (C=O) groups excluding carboxylic acids is 1. The van der Waals surface area contributed by atoms with Crippen molar-refractivity contribution in [3.63, 3.8) is 0 Å². The molecule has 0 aliphatic heterocycles. The van der Waals surface area contributed by atoms with Crippen LogP contribution in [0.25, 0.3) is 11.5 Å². The average molecular weight is 277 g/mol. The molecule has 1 amide bonds. The topological polar surface area (TPSA) is 86.5 Å². The van der Waals surface area contributed by atoms with E-state index in [0.717, 1.165) is 0 Å². The number of furan rings is 1. The molecule has 0 radical (unpaired) electrons. The summed E-state index contributed by atoms with van der Waals surface area (Å²) in [6.45, 7) is 0.728. The quantitative estimate of drug-likeness (QED) is 0.756. The van der Waals surface area contributed by atoms with Gasteiger partial charge in [-0.1, -0.05) is 0 Å². The first-order valence-electron chi connectivity index (χ1n) is 6.05. The maximum atomic E-state index is 11.1. The Morgan fingerprint density at radius 3 is 2.90 bits per heavy atom. The van der Waals surface area contributed by atoms with Crippen molar-refractivity contribution in [2.45, 2.75) is 0 Å². The van der Waals surface area contributed by atoms with E-state index in [0.29, 0.717) is 30.5 Å². The van der Waals surface area contributed by atoms with Crippen molar-refractivity contribution in [1.29, 1.82) is 0 Å². The monoisotopic (exact) mass is 277 g/mol. The van der Waals surface area contributed by atoms with Crippen molar-refractivity contribution in [2.24, 2.45) is 0 Å². The van der Waals surface area contributed by atoms with Crippen LogP contribution in [-0.2, 0) is 9.53 Å². The molecule has 20 heavy (non-hydrogen) atoms. The molecular weight excluding hydrogens is 262 g/mol. The normalized spacial score (nSPS) is 10.2. The maximum Gasteiger partial charge on any atom is 0.246 e. The third-order valence-electron chi connectivity index (χ3n) is 2.36. The molecule has 0 saturated heterocycles. The molecule has 0 aromatic carbocycles. The molecule has 2 aromatic rings. The molecule has 0 fully saturated rings. The van der Waals surface area contributed by atoms with Crippen LogP contribution in [0.2, 0.25) is 0 Å². The highest BCUT2D eigenvalue weighted by Crippen LogP contribution is 2.17. The van der Waals surface area contributed by atoms with E-state index in [1.54, 1.807) is 30.5 Å². The fourth-order valence-corrected chi connectivity index (χ4v) is 1.48. The number of nitrogens with one attached hydrogen (secondary N) is 1. The molecule has 7 nitrogen and oxygen atoms in total. The highest BCUT2D eigenvalue weighted by molar-refractivity contribution is 5.77. The number of methoxy groups -OCH3 is 1. The second kappa shape index (κ2) is 7.25.